The Morgan fingerprint density at radius 1 is 1.58 bits per heavy atom. The highest BCUT2D eigenvalue weighted by Crippen LogP contribution is 1.98. The van der Waals surface area contributed by atoms with Gasteiger partial charge in [0.1, 0.15) is 0 Å². The molecular weight excluding hydrogens is 154 g/mol. The van der Waals surface area contributed by atoms with E-state index < -0.39 is 0 Å². The van der Waals surface area contributed by atoms with Crippen LogP contribution in [-0.4, -0.2) is 22.7 Å². The second-order valence-corrected chi connectivity index (χ2v) is 3.01. The first-order chi connectivity index (χ1) is 5.66. The Kier molecular flexibility index (Phi) is 2.70. The lowest BCUT2D eigenvalue weighted by Crippen LogP contribution is -2.29. The molecule has 0 saturated carbocycles. The summed E-state index contributed by atoms with van der Waals surface area (Å²) in [5, 5.41) is 3.03. The van der Waals surface area contributed by atoms with E-state index in [1.807, 2.05) is 20.2 Å². The Hall–Kier alpha value is -1.03. The van der Waals surface area contributed by atoms with Crippen molar-refractivity contribution in [2.45, 2.75) is 13.0 Å². The molecule has 1 unspecified atom stereocenters. The smallest absolute Gasteiger partial charge is 0.318 e. The number of imidazole rings is 1. The van der Waals surface area contributed by atoms with Crippen LogP contribution in [-0.2, 0) is 7.05 Å². The standard InChI is InChI=1S/C8H15N3O/c1-7(6-9-2)11-5-4-10(3)8(11)12/h4-5,7,9H,6H2,1-3H3. The lowest BCUT2D eigenvalue weighted by molar-refractivity contribution is 0.498. The number of hydrogen-bond acceptors (Lipinski definition) is 2. The summed E-state index contributed by atoms with van der Waals surface area (Å²) in [7, 11) is 3.63. The molecule has 0 fully saturated rings. The molecule has 12 heavy (non-hydrogen) atoms. The molecule has 0 aliphatic rings. The van der Waals surface area contributed by atoms with Gasteiger partial charge in [-0.1, -0.05) is 0 Å². The van der Waals surface area contributed by atoms with Crippen LogP contribution in [0.15, 0.2) is 17.2 Å². The summed E-state index contributed by atoms with van der Waals surface area (Å²) in [6.45, 7) is 2.82. The number of rotatable bonds is 3. The third kappa shape index (κ3) is 1.58. The second-order valence-electron chi connectivity index (χ2n) is 3.01. The summed E-state index contributed by atoms with van der Waals surface area (Å²) in [4.78, 5) is 11.4. The third-order valence-corrected chi connectivity index (χ3v) is 1.95. The molecule has 0 aliphatic heterocycles. The lowest BCUT2D eigenvalue weighted by Gasteiger charge is -2.10. The van der Waals surface area contributed by atoms with E-state index >= 15 is 0 Å². The Bertz CT molecular complexity index is 299. The van der Waals surface area contributed by atoms with Gasteiger partial charge in [-0.2, -0.15) is 0 Å². The van der Waals surface area contributed by atoms with Crippen molar-refractivity contribution >= 4 is 0 Å². The molecule has 1 rings (SSSR count). The normalized spacial score (nSPS) is 13.2. The highest BCUT2D eigenvalue weighted by atomic mass is 16.1. The summed E-state index contributed by atoms with van der Waals surface area (Å²) in [5.41, 5.74) is 0.0396. The Morgan fingerprint density at radius 3 is 2.67 bits per heavy atom. The van der Waals surface area contributed by atoms with Crippen molar-refractivity contribution in [1.29, 1.82) is 0 Å². The Balaban J connectivity index is 2.88. The van der Waals surface area contributed by atoms with Gasteiger partial charge in [-0.15, -0.1) is 0 Å². The molecule has 1 aromatic heterocycles. The minimum Gasteiger partial charge on any atom is -0.318 e. The number of likely N-dealkylation sites (N-methyl/N-ethyl adjacent to an activating group) is 1. The lowest BCUT2D eigenvalue weighted by atomic mass is 10.3. The van der Waals surface area contributed by atoms with E-state index in [0.29, 0.717) is 0 Å². The van der Waals surface area contributed by atoms with E-state index in [2.05, 4.69) is 5.32 Å². The van der Waals surface area contributed by atoms with Gasteiger partial charge in [-0.3, -0.25) is 4.57 Å². The van der Waals surface area contributed by atoms with E-state index in [4.69, 9.17) is 0 Å². The first kappa shape index (κ1) is 9.06. The fourth-order valence-electron chi connectivity index (χ4n) is 1.21. The second kappa shape index (κ2) is 3.58. The van der Waals surface area contributed by atoms with E-state index in [9.17, 15) is 4.79 Å². The van der Waals surface area contributed by atoms with Crippen LogP contribution in [0.3, 0.4) is 0 Å². The van der Waals surface area contributed by atoms with Gasteiger partial charge in [-0.25, -0.2) is 4.79 Å². The molecule has 0 bridgehead atoms. The van der Waals surface area contributed by atoms with E-state index in [-0.39, 0.29) is 11.7 Å². The van der Waals surface area contributed by atoms with E-state index in [1.165, 1.54) is 0 Å². The van der Waals surface area contributed by atoms with Gasteiger partial charge in [0.05, 0.1) is 0 Å². The number of aromatic nitrogens is 2. The van der Waals surface area contributed by atoms with Crippen LogP contribution in [0.2, 0.25) is 0 Å². The maximum atomic E-state index is 11.4. The Labute approximate surface area is 71.8 Å². The van der Waals surface area contributed by atoms with Crippen LogP contribution in [0.4, 0.5) is 0 Å². The molecule has 4 heteroatoms. The van der Waals surface area contributed by atoms with Crippen LogP contribution < -0.4 is 11.0 Å². The van der Waals surface area contributed by atoms with Crippen molar-refractivity contribution in [3.63, 3.8) is 0 Å². The molecule has 0 spiro atoms. The zero-order chi connectivity index (χ0) is 9.14. The average molecular weight is 169 g/mol. The predicted molar refractivity (Wildman–Crippen MR) is 48.3 cm³/mol. The quantitative estimate of drug-likeness (QED) is 0.690. The summed E-state index contributed by atoms with van der Waals surface area (Å²) >= 11 is 0. The highest BCUT2D eigenvalue weighted by Gasteiger charge is 2.06. The van der Waals surface area contributed by atoms with Crippen LogP contribution in [0.5, 0.6) is 0 Å². The molecule has 0 aromatic carbocycles. The van der Waals surface area contributed by atoms with Crippen molar-refractivity contribution in [2.75, 3.05) is 13.6 Å². The molecule has 4 nitrogen and oxygen atoms in total. The van der Waals surface area contributed by atoms with Crippen LogP contribution >= 0.6 is 0 Å². The van der Waals surface area contributed by atoms with Crippen molar-refractivity contribution in [3.8, 4) is 0 Å². The van der Waals surface area contributed by atoms with Crippen LogP contribution in [0.25, 0.3) is 0 Å². The molecular formula is C8H15N3O. The van der Waals surface area contributed by atoms with E-state index in [0.717, 1.165) is 6.54 Å². The molecule has 1 N–H and O–H groups in total. The minimum atomic E-state index is 0.0396. The van der Waals surface area contributed by atoms with Gasteiger partial charge in [0, 0.05) is 32.0 Å². The number of nitrogens with zero attached hydrogens (tertiary/aromatic N) is 2. The number of hydrogen-bond donors (Lipinski definition) is 1. The molecule has 0 radical (unpaired) electrons. The largest absolute Gasteiger partial charge is 0.328 e. The van der Waals surface area contributed by atoms with Crippen LogP contribution in [0, 0.1) is 0 Å². The molecule has 0 amide bonds. The van der Waals surface area contributed by atoms with Gasteiger partial charge in [-0.05, 0) is 14.0 Å². The molecule has 0 aliphatic carbocycles. The predicted octanol–water partition coefficient (Wildman–Crippen LogP) is -0.0328. The number of aryl methyl sites for hydroxylation is 1. The molecule has 1 aromatic rings. The summed E-state index contributed by atoms with van der Waals surface area (Å²) < 4.78 is 3.29. The maximum Gasteiger partial charge on any atom is 0.328 e. The SMILES string of the molecule is CNCC(C)n1ccn(C)c1=O. The summed E-state index contributed by atoms with van der Waals surface area (Å²) in [6, 6.07) is 0.212. The molecule has 1 atom stereocenters. The zero-order valence-corrected chi connectivity index (χ0v) is 7.74. The summed E-state index contributed by atoms with van der Waals surface area (Å²) in [6.07, 6.45) is 3.58. The van der Waals surface area contributed by atoms with Gasteiger partial charge < -0.3 is 9.88 Å². The van der Waals surface area contributed by atoms with Gasteiger partial charge in [0.15, 0.2) is 0 Å². The minimum absolute atomic E-state index is 0.0396. The van der Waals surface area contributed by atoms with Crippen molar-refractivity contribution < 1.29 is 0 Å². The van der Waals surface area contributed by atoms with Crippen molar-refractivity contribution in [2.24, 2.45) is 7.05 Å². The van der Waals surface area contributed by atoms with Gasteiger partial charge in [0.2, 0.25) is 0 Å². The fourth-order valence-corrected chi connectivity index (χ4v) is 1.21. The summed E-state index contributed by atoms with van der Waals surface area (Å²) in [5.74, 6) is 0. The Morgan fingerprint density at radius 2 is 2.25 bits per heavy atom. The zero-order valence-electron chi connectivity index (χ0n) is 7.74. The first-order valence-electron chi connectivity index (χ1n) is 4.05. The van der Waals surface area contributed by atoms with Crippen molar-refractivity contribution in [1.82, 2.24) is 14.5 Å². The topological polar surface area (TPSA) is 39.0 Å². The molecule has 1 heterocycles. The highest BCUT2D eigenvalue weighted by molar-refractivity contribution is 4.83. The fraction of sp³-hybridized carbons (Fsp3) is 0.625. The monoisotopic (exact) mass is 169 g/mol. The molecule has 68 valence electrons. The third-order valence-electron chi connectivity index (χ3n) is 1.95. The van der Waals surface area contributed by atoms with Gasteiger partial charge in [0.25, 0.3) is 0 Å². The first-order valence-corrected chi connectivity index (χ1v) is 4.05. The maximum absolute atomic E-state index is 11.4. The van der Waals surface area contributed by atoms with Gasteiger partial charge >= 0.3 is 5.69 Å². The van der Waals surface area contributed by atoms with E-state index in [1.54, 1.807) is 22.4 Å². The number of nitrogens with one attached hydrogen (secondary N) is 1. The van der Waals surface area contributed by atoms with Crippen molar-refractivity contribution in [3.05, 3.63) is 22.9 Å². The average Bonchev–Trinajstić information content (AvgIpc) is 2.34. The van der Waals surface area contributed by atoms with Crippen LogP contribution in [0.1, 0.15) is 13.0 Å². The molecule has 0 saturated heterocycles.